The molecule has 2 atom stereocenters. The molecule has 7 heteroatoms. The molecule has 2 aliphatic rings. The number of halogens is 4. The summed E-state index contributed by atoms with van der Waals surface area (Å²) in [5.41, 5.74) is 0.681. The molecule has 1 aromatic rings. The number of carbonyl (C=O) groups is 1. The maximum Gasteiger partial charge on any atom is 0.182 e. The van der Waals surface area contributed by atoms with Gasteiger partial charge in [0.05, 0.1) is 0 Å². The van der Waals surface area contributed by atoms with Crippen molar-refractivity contribution in [2.75, 3.05) is 0 Å². The molecule has 0 aromatic heterocycles. The topological polar surface area (TPSA) is 38.7 Å². The summed E-state index contributed by atoms with van der Waals surface area (Å²) in [4.78, 5) is 18.0. The van der Waals surface area contributed by atoms with Crippen LogP contribution >= 0.6 is 55.1 Å². The molecular weight excluding hydrogens is 433 g/mol. The smallest absolute Gasteiger partial charge is 0.182 e. The quantitative estimate of drug-likeness (QED) is 0.627. The Labute approximate surface area is 142 Å². The lowest BCUT2D eigenvalue weighted by Crippen LogP contribution is -2.42. The minimum atomic E-state index is -1.01. The average Bonchev–Trinajstić information content (AvgIpc) is 3.19. The number of hydrogen-bond donors (Lipinski definition) is 0. The molecule has 3 rings (SSSR count). The molecule has 1 aliphatic heterocycles. The first-order valence-electron chi connectivity index (χ1n) is 6.02. The molecule has 0 bridgehead atoms. The van der Waals surface area contributed by atoms with Crippen LogP contribution in [0.1, 0.15) is 24.5 Å². The van der Waals surface area contributed by atoms with Gasteiger partial charge in [-0.2, -0.15) is 0 Å². The van der Waals surface area contributed by atoms with Gasteiger partial charge in [-0.1, -0.05) is 50.4 Å². The second-order valence-corrected chi connectivity index (χ2v) is 7.73. The zero-order valence-electron chi connectivity index (χ0n) is 10.1. The van der Waals surface area contributed by atoms with Gasteiger partial charge in [0.15, 0.2) is 20.8 Å². The number of alkyl halides is 1. The van der Waals surface area contributed by atoms with E-state index in [1.54, 1.807) is 18.2 Å². The minimum absolute atomic E-state index is 0.0624. The fourth-order valence-corrected chi connectivity index (χ4v) is 3.93. The highest BCUT2D eigenvalue weighted by molar-refractivity contribution is 9.20. The van der Waals surface area contributed by atoms with Crippen molar-refractivity contribution in [3.63, 3.8) is 0 Å². The highest BCUT2D eigenvalue weighted by Crippen LogP contribution is 2.51. The second-order valence-electron chi connectivity index (χ2n) is 4.88. The number of rotatable bonds is 3. The van der Waals surface area contributed by atoms with Gasteiger partial charge in [0.25, 0.3) is 0 Å². The van der Waals surface area contributed by atoms with Gasteiger partial charge in [-0.15, -0.1) is 0 Å². The Morgan fingerprint density at radius 1 is 1.40 bits per heavy atom. The first kappa shape index (κ1) is 14.8. The Bertz CT molecular complexity index is 618. The molecule has 0 spiro atoms. The predicted molar refractivity (Wildman–Crippen MR) is 86.0 cm³/mol. The van der Waals surface area contributed by atoms with Gasteiger partial charge in [0.2, 0.25) is 0 Å². The molecule has 1 saturated carbocycles. The van der Waals surface area contributed by atoms with Crippen LogP contribution in [0, 0.1) is 5.92 Å². The van der Waals surface area contributed by atoms with Crippen LogP contribution in [0.4, 0.5) is 0 Å². The first-order chi connectivity index (χ1) is 9.44. The van der Waals surface area contributed by atoms with Gasteiger partial charge >= 0.3 is 0 Å². The fraction of sp³-hybridized carbons (Fsp3) is 0.385. The van der Waals surface area contributed by atoms with Crippen molar-refractivity contribution in [2.45, 2.75) is 23.3 Å². The van der Waals surface area contributed by atoms with E-state index in [-0.39, 0.29) is 11.7 Å². The number of hydrogen-bond acceptors (Lipinski definition) is 3. The van der Waals surface area contributed by atoms with E-state index in [4.69, 9.17) is 28.0 Å². The van der Waals surface area contributed by atoms with Crippen molar-refractivity contribution in [1.82, 2.24) is 0 Å². The van der Waals surface area contributed by atoms with Gasteiger partial charge in [0.1, 0.15) is 0 Å². The third-order valence-corrected chi connectivity index (χ3v) is 6.50. The average molecular weight is 442 g/mol. The van der Waals surface area contributed by atoms with Crippen LogP contribution in [0.25, 0.3) is 0 Å². The molecule has 1 heterocycles. The van der Waals surface area contributed by atoms with Crippen LogP contribution in [0.15, 0.2) is 23.4 Å². The molecule has 20 heavy (non-hydrogen) atoms. The summed E-state index contributed by atoms with van der Waals surface area (Å²) < 4.78 is -0.566. The zero-order valence-corrected chi connectivity index (χ0v) is 14.8. The van der Waals surface area contributed by atoms with Crippen molar-refractivity contribution in [2.24, 2.45) is 11.1 Å². The Hall–Kier alpha value is -0.100. The third-order valence-electron chi connectivity index (χ3n) is 3.45. The van der Waals surface area contributed by atoms with E-state index < -0.39 is 10.4 Å². The summed E-state index contributed by atoms with van der Waals surface area (Å²) in [6, 6.07) is 5.10. The van der Waals surface area contributed by atoms with Crippen molar-refractivity contribution >= 4 is 65.5 Å². The van der Waals surface area contributed by atoms with E-state index in [9.17, 15) is 4.79 Å². The summed E-state index contributed by atoms with van der Waals surface area (Å²) in [5, 5.41) is 4.90. The summed E-state index contributed by atoms with van der Waals surface area (Å²) in [7, 11) is 0. The van der Waals surface area contributed by atoms with Crippen LogP contribution in [0.5, 0.6) is 0 Å². The molecule has 0 N–H and O–H groups in total. The van der Waals surface area contributed by atoms with Crippen LogP contribution in [0.2, 0.25) is 10.0 Å². The van der Waals surface area contributed by atoms with Crippen LogP contribution in [-0.2, 0) is 9.63 Å². The van der Waals surface area contributed by atoms with Gasteiger partial charge in [-0.25, -0.2) is 0 Å². The predicted octanol–water partition coefficient (Wildman–Crippen LogP) is 4.89. The Morgan fingerprint density at radius 2 is 2.10 bits per heavy atom. The maximum absolute atomic E-state index is 12.6. The number of nitrogens with zero attached hydrogens (tertiary/aromatic N) is 1. The number of ketones is 1. The van der Waals surface area contributed by atoms with Crippen molar-refractivity contribution in [3.05, 3.63) is 33.8 Å². The largest absolute Gasteiger partial charge is 0.384 e. The van der Waals surface area contributed by atoms with Crippen LogP contribution in [-0.4, -0.2) is 14.7 Å². The molecule has 3 nitrogen and oxygen atoms in total. The van der Waals surface area contributed by atoms with Crippen LogP contribution in [0.3, 0.4) is 0 Å². The number of benzene rings is 1. The SMILES string of the molecule is O=C(C1CC1)C1(Br)C(Br)=NOC1c1ccc(Cl)cc1Cl. The fourth-order valence-electron chi connectivity index (χ4n) is 2.20. The van der Waals surface area contributed by atoms with E-state index in [1.807, 2.05) is 0 Å². The Kier molecular flexibility index (Phi) is 3.91. The van der Waals surface area contributed by atoms with Gasteiger partial charge in [0, 0.05) is 21.5 Å². The highest BCUT2D eigenvalue weighted by atomic mass is 79.9. The molecule has 106 valence electrons. The molecule has 2 unspecified atom stereocenters. The minimum Gasteiger partial charge on any atom is -0.384 e. The third kappa shape index (κ3) is 2.32. The van der Waals surface area contributed by atoms with Crippen molar-refractivity contribution in [3.8, 4) is 0 Å². The van der Waals surface area contributed by atoms with E-state index in [2.05, 4.69) is 37.0 Å². The van der Waals surface area contributed by atoms with E-state index >= 15 is 0 Å². The molecule has 1 fully saturated rings. The Balaban J connectivity index is 2.02. The molecule has 0 saturated heterocycles. The second kappa shape index (κ2) is 5.27. The van der Waals surface area contributed by atoms with Gasteiger partial charge in [-0.3, -0.25) is 4.79 Å². The lowest BCUT2D eigenvalue weighted by Gasteiger charge is -2.26. The van der Waals surface area contributed by atoms with Crippen molar-refractivity contribution in [1.29, 1.82) is 0 Å². The zero-order chi connectivity index (χ0) is 14.5. The lowest BCUT2D eigenvalue weighted by molar-refractivity contribution is -0.123. The standard InChI is InChI=1S/C13H9Br2Cl2NO2/c14-12-13(15,10(19)6-1-2-6)11(20-18-12)8-4-3-7(16)5-9(8)17/h3-6,11H,1-2H2. The monoisotopic (exact) mass is 439 g/mol. The molecular formula is C13H9Br2Cl2NO2. The van der Waals surface area contributed by atoms with Crippen LogP contribution < -0.4 is 0 Å². The molecule has 0 amide bonds. The summed E-state index contributed by atoms with van der Waals surface area (Å²) in [6.45, 7) is 0. The Morgan fingerprint density at radius 3 is 2.70 bits per heavy atom. The van der Waals surface area contributed by atoms with E-state index in [0.29, 0.717) is 20.2 Å². The van der Waals surface area contributed by atoms with E-state index in [0.717, 1.165) is 12.8 Å². The summed E-state index contributed by atoms with van der Waals surface area (Å²) in [6.07, 6.45) is 1.22. The highest BCUT2D eigenvalue weighted by Gasteiger charge is 2.57. The molecule has 0 radical (unpaired) electrons. The normalized spacial score (nSPS) is 29.0. The first-order valence-corrected chi connectivity index (χ1v) is 8.36. The van der Waals surface area contributed by atoms with Gasteiger partial charge < -0.3 is 4.84 Å². The maximum atomic E-state index is 12.6. The van der Waals surface area contributed by atoms with Crippen molar-refractivity contribution < 1.29 is 9.63 Å². The number of oxime groups is 1. The number of carbonyl (C=O) groups excluding carboxylic acids is 1. The van der Waals surface area contributed by atoms with Gasteiger partial charge in [-0.05, 0) is 40.9 Å². The summed E-state index contributed by atoms with van der Waals surface area (Å²) in [5.74, 6) is 0.133. The number of Topliss-reactive ketones (excluding diaryl/α,β-unsaturated/α-hetero) is 1. The van der Waals surface area contributed by atoms with E-state index in [1.165, 1.54) is 0 Å². The molecule has 1 aliphatic carbocycles. The summed E-state index contributed by atoms with van der Waals surface area (Å²) >= 11 is 19.0. The molecule has 1 aromatic carbocycles. The lowest BCUT2D eigenvalue weighted by atomic mass is 9.91.